The first kappa shape index (κ1) is 10.6. The zero-order chi connectivity index (χ0) is 11.9. The highest BCUT2D eigenvalue weighted by Crippen LogP contribution is 2.38. The van der Waals surface area contributed by atoms with Crippen molar-refractivity contribution in [2.24, 2.45) is 5.41 Å². The molecule has 2 aliphatic heterocycles. The van der Waals surface area contributed by atoms with Crippen LogP contribution in [0.5, 0.6) is 5.75 Å². The van der Waals surface area contributed by atoms with E-state index in [1.54, 1.807) is 13.2 Å². The van der Waals surface area contributed by atoms with E-state index in [1.807, 2.05) is 23.1 Å². The van der Waals surface area contributed by atoms with Crippen LogP contribution in [-0.2, 0) is 4.74 Å². The predicted molar refractivity (Wildman–Crippen MR) is 62.1 cm³/mol. The number of hydrogen-bond donors (Lipinski definition) is 0. The molecule has 0 N–H and O–H groups in total. The lowest BCUT2D eigenvalue weighted by atomic mass is 9.78. The van der Waals surface area contributed by atoms with Crippen LogP contribution in [-0.4, -0.2) is 44.2 Å². The third kappa shape index (κ3) is 1.69. The van der Waals surface area contributed by atoms with Gasteiger partial charge in [0.1, 0.15) is 5.75 Å². The SMILES string of the molecule is COc1cccc(C(=O)N2CC3(COC3)C2)c1. The number of benzene rings is 1. The minimum absolute atomic E-state index is 0.0847. The van der Waals surface area contributed by atoms with Crippen molar-refractivity contribution in [3.63, 3.8) is 0 Å². The molecule has 3 rings (SSSR count). The van der Waals surface area contributed by atoms with Crippen molar-refractivity contribution >= 4 is 5.91 Å². The Kier molecular flexibility index (Phi) is 2.33. The number of amides is 1. The van der Waals surface area contributed by atoms with Gasteiger partial charge in [-0.1, -0.05) is 6.07 Å². The van der Waals surface area contributed by atoms with Gasteiger partial charge in [0, 0.05) is 18.7 Å². The molecule has 1 spiro atoms. The molecule has 2 aliphatic rings. The van der Waals surface area contributed by atoms with Crippen LogP contribution >= 0.6 is 0 Å². The van der Waals surface area contributed by atoms with Crippen molar-refractivity contribution in [1.82, 2.24) is 4.90 Å². The van der Waals surface area contributed by atoms with Gasteiger partial charge in [0.25, 0.3) is 5.91 Å². The smallest absolute Gasteiger partial charge is 0.254 e. The molecule has 4 heteroatoms. The molecule has 1 aromatic rings. The molecule has 2 heterocycles. The Hall–Kier alpha value is -1.55. The lowest BCUT2D eigenvalue weighted by molar-refractivity contribution is -0.176. The monoisotopic (exact) mass is 233 g/mol. The van der Waals surface area contributed by atoms with Crippen LogP contribution in [0.1, 0.15) is 10.4 Å². The van der Waals surface area contributed by atoms with E-state index in [2.05, 4.69) is 0 Å². The molecular weight excluding hydrogens is 218 g/mol. The van der Waals surface area contributed by atoms with E-state index in [1.165, 1.54) is 0 Å². The fourth-order valence-corrected chi connectivity index (χ4v) is 2.42. The minimum atomic E-state index is 0.0847. The van der Waals surface area contributed by atoms with Gasteiger partial charge in [0.05, 0.1) is 25.7 Å². The second-order valence-electron chi connectivity index (χ2n) is 4.89. The van der Waals surface area contributed by atoms with Crippen LogP contribution in [0.3, 0.4) is 0 Å². The summed E-state index contributed by atoms with van der Waals surface area (Å²) in [6.45, 7) is 3.25. The van der Waals surface area contributed by atoms with Crippen molar-refractivity contribution in [2.45, 2.75) is 0 Å². The molecule has 1 aromatic carbocycles. The zero-order valence-corrected chi connectivity index (χ0v) is 9.81. The maximum absolute atomic E-state index is 12.2. The van der Waals surface area contributed by atoms with Crippen molar-refractivity contribution in [2.75, 3.05) is 33.4 Å². The van der Waals surface area contributed by atoms with Gasteiger partial charge in [-0.25, -0.2) is 0 Å². The number of carbonyl (C=O) groups excluding carboxylic acids is 1. The molecule has 0 radical (unpaired) electrons. The Labute approximate surface area is 100 Å². The van der Waals surface area contributed by atoms with Crippen LogP contribution in [0.25, 0.3) is 0 Å². The highest BCUT2D eigenvalue weighted by atomic mass is 16.5. The second-order valence-corrected chi connectivity index (χ2v) is 4.89. The lowest BCUT2D eigenvalue weighted by Gasteiger charge is -2.54. The van der Waals surface area contributed by atoms with Crippen LogP contribution in [0.4, 0.5) is 0 Å². The summed E-state index contributed by atoms with van der Waals surface area (Å²) >= 11 is 0. The normalized spacial score (nSPS) is 20.6. The van der Waals surface area contributed by atoms with E-state index in [4.69, 9.17) is 9.47 Å². The van der Waals surface area contributed by atoms with Gasteiger partial charge >= 0.3 is 0 Å². The van der Waals surface area contributed by atoms with E-state index in [-0.39, 0.29) is 11.3 Å². The largest absolute Gasteiger partial charge is 0.497 e. The van der Waals surface area contributed by atoms with Crippen molar-refractivity contribution in [3.05, 3.63) is 29.8 Å². The molecule has 0 aliphatic carbocycles. The molecule has 0 saturated carbocycles. The summed E-state index contributed by atoms with van der Waals surface area (Å²) in [6.07, 6.45) is 0. The summed E-state index contributed by atoms with van der Waals surface area (Å²) in [5.41, 5.74) is 0.966. The first-order chi connectivity index (χ1) is 8.22. The first-order valence-electron chi connectivity index (χ1n) is 5.74. The number of ether oxygens (including phenoxy) is 2. The van der Waals surface area contributed by atoms with Crippen LogP contribution in [0.2, 0.25) is 0 Å². The molecule has 0 atom stereocenters. The third-order valence-corrected chi connectivity index (χ3v) is 3.47. The van der Waals surface area contributed by atoms with Crippen LogP contribution in [0, 0.1) is 5.41 Å². The Morgan fingerprint density at radius 2 is 2.18 bits per heavy atom. The Morgan fingerprint density at radius 3 is 2.76 bits per heavy atom. The maximum atomic E-state index is 12.2. The Bertz CT molecular complexity index is 446. The van der Waals surface area contributed by atoms with Crippen molar-refractivity contribution < 1.29 is 14.3 Å². The Morgan fingerprint density at radius 1 is 1.41 bits per heavy atom. The van der Waals surface area contributed by atoms with Gasteiger partial charge in [0.15, 0.2) is 0 Å². The van der Waals surface area contributed by atoms with Gasteiger partial charge in [0.2, 0.25) is 0 Å². The van der Waals surface area contributed by atoms with E-state index in [0.717, 1.165) is 32.1 Å². The topological polar surface area (TPSA) is 38.8 Å². The summed E-state index contributed by atoms with van der Waals surface area (Å²) in [7, 11) is 1.61. The van der Waals surface area contributed by atoms with Crippen molar-refractivity contribution in [1.29, 1.82) is 0 Å². The average molecular weight is 233 g/mol. The molecule has 17 heavy (non-hydrogen) atoms. The highest BCUT2D eigenvalue weighted by Gasteiger charge is 2.50. The third-order valence-electron chi connectivity index (χ3n) is 3.47. The molecular formula is C13H15NO3. The molecule has 2 saturated heterocycles. The molecule has 90 valence electrons. The predicted octanol–water partition coefficient (Wildman–Crippen LogP) is 1.17. The van der Waals surface area contributed by atoms with E-state index in [0.29, 0.717) is 5.56 Å². The standard InChI is InChI=1S/C13H15NO3/c1-16-11-4-2-3-10(5-11)12(15)14-6-13(7-14)8-17-9-13/h2-5H,6-9H2,1H3. The zero-order valence-electron chi connectivity index (χ0n) is 9.81. The molecule has 2 fully saturated rings. The number of carbonyl (C=O) groups is 1. The summed E-state index contributed by atoms with van der Waals surface area (Å²) in [5.74, 6) is 0.805. The van der Waals surface area contributed by atoms with Crippen LogP contribution < -0.4 is 4.74 Å². The number of hydrogen-bond acceptors (Lipinski definition) is 3. The number of nitrogens with zero attached hydrogens (tertiary/aromatic N) is 1. The molecule has 1 amide bonds. The molecule has 0 bridgehead atoms. The van der Waals surface area contributed by atoms with Gasteiger partial charge in [-0.05, 0) is 18.2 Å². The van der Waals surface area contributed by atoms with Gasteiger partial charge < -0.3 is 14.4 Å². The molecule has 0 aromatic heterocycles. The lowest BCUT2D eigenvalue weighted by Crippen LogP contribution is -2.67. The fraction of sp³-hybridized carbons (Fsp3) is 0.462. The number of rotatable bonds is 2. The van der Waals surface area contributed by atoms with Gasteiger partial charge in [-0.2, -0.15) is 0 Å². The van der Waals surface area contributed by atoms with E-state index >= 15 is 0 Å². The fourth-order valence-electron chi connectivity index (χ4n) is 2.42. The van der Waals surface area contributed by atoms with E-state index in [9.17, 15) is 4.79 Å². The quantitative estimate of drug-likeness (QED) is 0.769. The van der Waals surface area contributed by atoms with Crippen molar-refractivity contribution in [3.8, 4) is 5.75 Å². The minimum Gasteiger partial charge on any atom is -0.497 e. The summed E-state index contributed by atoms with van der Waals surface area (Å²) in [6, 6.07) is 7.29. The highest BCUT2D eigenvalue weighted by molar-refractivity contribution is 5.95. The first-order valence-corrected chi connectivity index (χ1v) is 5.74. The number of likely N-dealkylation sites (tertiary alicyclic amines) is 1. The van der Waals surface area contributed by atoms with Gasteiger partial charge in [-0.15, -0.1) is 0 Å². The molecule has 0 unspecified atom stereocenters. The van der Waals surface area contributed by atoms with Gasteiger partial charge in [-0.3, -0.25) is 4.79 Å². The average Bonchev–Trinajstić information content (AvgIpc) is 2.25. The van der Waals surface area contributed by atoms with E-state index < -0.39 is 0 Å². The second kappa shape index (κ2) is 3.74. The Balaban J connectivity index is 1.69. The van der Waals surface area contributed by atoms with Crippen LogP contribution in [0.15, 0.2) is 24.3 Å². The maximum Gasteiger partial charge on any atom is 0.254 e. The number of methoxy groups -OCH3 is 1. The summed E-state index contributed by atoms with van der Waals surface area (Å²) in [4.78, 5) is 14.0. The summed E-state index contributed by atoms with van der Waals surface area (Å²) in [5, 5.41) is 0. The summed E-state index contributed by atoms with van der Waals surface area (Å²) < 4.78 is 10.3. The molecule has 4 nitrogen and oxygen atoms in total.